The first kappa shape index (κ1) is 6.08. The topological polar surface area (TPSA) is 29.5 Å². The van der Waals surface area contributed by atoms with Gasteiger partial charge < -0.3 is 9.84 Å². The molecule has 0 bridgehead atoms. The predicted molar refractivity (Wildman–Crippen MR) is 27.9 cm³/mol. The number of hydrogen-bond acceptors (Lipinski definition) is 2. The average molecular weight is 100 g/mol. The smallest absolute Gasteiger partial charge is 0.143 e. The van der Waals surface area contributed by atoms with Crippen molar-refractivity contribution in [2.45, 2.75) is 0 Å². The van der Waals surface area contributed by atoms with Crippen LogP contribution in [0.15, 0.2) is 25.2 Å². The van der Waals surface area contributed by atoms with E-state index in [0.29, 0.717) is 0 Å². The van der Waals surface area contributed by atoms with Crippen molar-refractivity contribution in [1.82, 2.24) is 0 Å². The highest BCUT2D eigenvalue weighted by Gasteiger charge is 1.80. The normalized spacial score (nSPS) is 7.43. The highest BCUT2D eigenvalue weighted by molar-refractivity contribution is 4.78. The zero-order valence-corrected chi connectivity index (χ0v) is 4.05. The Bertz CT molecular complexity index is 76.1. The lowest BCUT2D eigenvalue weighted by molar-refractivity contribution is 0.225. The van der Waals surface area contributed by atoms with E-state index < -0.39 is 0 Å². The van der Waals surface area contributed by atoms with Crippen molar-refractivity contribution < 1.29 is 9.84 Å². The average Bonchev–Trinajstić information content (AvgIpc) is 1.61. The number of aliphatic hydroxyl groups excluding tert-OH is 1. The highest BCUT2D eigenvalue weighted by atomic mass is 16.5. The van der Waals surface area contributed by atoms with Gasteiger partial charge in [0.2, 0.25) is 0 Å². The molecule has 0 aromatic carbocycles. The van der Waals surface area contributed by atoms with Crippen molar-refractivity contribution in [3.8, 4) is 0 Å². The van der Waals surface area contributed by atoms with Crippen LogP contribution in [-0.2, 0) is 4.74 Å². The standard InChI is InChI=1S/C5H8O2/c1-3-7-4-5(2)6/h3,6H,1-2,4H2. The first-order valence-corrected chi connectivity index (χ1v) is 1.86. The first-order valence-electron chi connectivity index (χ1n) is 1.86. The molecule has 0 aliphatic rings. The molecule has 2 heteroatoms. The van der Waals surface area contributed by atoms with Crippen LogP contribution in [0.4, 0.5) is 0 Å². The Hall–Kier alpha value is -0.920. The number of ether oxygens (including phenoxy) is 1. The van der Waals surface area contributed by atoms with Crippen molar-refractivity contribution in [1.29, 1.82) is 0 Å². The summed E-state index contributed by atoms with van der Waals surface area (Å²) in [5.74, 6) is 0.0138. The van der Waals surface area contributed by atoms with Gasteiger partial charge in [0.05, 0.1) is 6.26 Å². The molecular weight excluding hydrogens is 92.1 g/mol. The van der Waals surface area contributed by atoms with Gasteiger partial charge in [0.15, 0.2) is 0 Å². The minimum Gasteiger partial charge on any atom is -0.509 e. The van der Waals surface area contributed by atoms with Crippen molar-refractivity contribution in [2.75, 3.05) is 6.61 Å². The van der Waals surface area contributed by atoms with Gasteiger partial charge in [-0.25, -0.2) is 0 Å². The Morgan fingerprint density at radius 3 is 2.57 bits per heavy atom. The second-order valence-corrected chi connectivity index (χ2v) is 1.04. The molecule has 0 spiro atoms. The van der Waals surface area contributed by atoms with E-state index in [1.54, 1.807) is 0 Å². The van der Waals surface area contributed by atoms with Crippen LogP contribution in [0.5, 0.6) is 0 Å². The van der Waals surface area contributed by atoms with Gasteiger partial charge in [-0.1, -0.05) is 13.2 Å². The van der Waals surface area contributed by atoms with Gasteiger partial charge in [-0.3, -0.25) is 0 Å². The van der Waals surface area contributed by atoms with E-state index in [1.165, 1.54) is 6.26 Å². The summed E-state index contributed by atoms with van der Waals surface area (Å²) in [6.45, 7) is 6.58. The maximum absolute atomic E-state index is 8.32. The Labute approximate surface area is 42.7 Å². The van der Waals surface area contributed by atoms with Gasteiger partial charge in [-0.05, 0) is 0 Å². The van der Waals surface area contributed by atoms with Gasteiger partial charge in [-0.2, -0.15) is 0 Å². The molecule has 0 aliphatic carbocycles. The molecule has 0 rings (SSSR count). The summed E-state index contributed by atoms with van der Waals surface area (Å²) in [6.07, 6.45) is 1.25. The van der Waals surface area contributed by atoms with Gasteiger partial charge in [0.1, 0.15) is 12.4 Å². The maximum Gasteiger partial charge on any atom is 0.143 e. The van der Waals surface area contributed by atoms with E-state index in [0.717, 1.165) is 0 Å². The molecule has 0 saturated carbocycles. The van der Waals surface area contributed by atoms with Crippen LogP contribution in [0, 0.1) is 0 Å². The molecule has 0 aromatic rings. The summed E-state index contributed by atoms with van der Waals surface area (Å²) in [5.41, 5.74) is 0. The fraction of sp³-hybridized carbons (Fsp3) is 0.200. The van der Waals surface area contributed by atoms with Crippen LogP contribution in [0.3, 0.4) is 0 Å². The molecule has 0 fully saturated rings. The minimum absolute atomic E-state index is 0.0138. The summed E-state index contributed by atoms with van der Waals surface area (Å²) >= 11 is 0. The monoisotopic (exact) mass is 100 g/mol. The van der Waals surface area contributed by atoms with Gasteiger partial charge in [0, 0.05) is 0 Å². The molecule has 0 amide bonds. The Morgan fingerprint density at radius 2 is 2.43 bits per heavy atom. The van der Waals surface area contributed by atoms with Crippen LogP contribution in [0.1, 0.15) is 0 Å². The number of hydrogen-bond donors (Lipinski definition) is 1. The van der Waals surface area contributed by atoms with Gasteiger partial charge >= 0.3 is 0 Å². The minimum atomic E-state index is 0.0138. The Kier molecular flexibility index (Phi) is 2.85. The lowest BCUT2D eigenvalue weighted by Crippen LogP contribution is -1.87. The second kappa shape index (κ2) is 3.28. The summed E-state index contributed by atoms with van der Waals surface area (Å²) in [4.78, 5) is 0. The van der Waals surface area contributed by atoms with Crippen molar-refractivity contribution in [3.63, 3.8) is 0 Å². The quantitative estimate of drug-likeness (QED) is 0.540. The van der Waals surface area contributed by atoms with Crippen molar-refractivity contribution in [3.05, 3.63) is 25.2 Å². The third-order valence-electron chi connectivity index (χ3n) is 0.368. The molecule has 0 radical (unpaired) electrons. The van der Waals surface area contributed by atoms with E-state index in [4.69, 9.17) is 5.11 Å². The maximum atomic E-state index is 8.32. The third-order valence-corrected chi connectivity index (χ3v) is 0.368. The molecule has 2 nitrogen and oxygen atoms in total. The largest absolute Gasteiger partial charge is 0.509 e. The van der Waals surface area contributed by atoms with Crippen LogP contribution in [-0.4, -0.2) is 11.7 Å². The Morgan fingerprint density at radius 1 is 1.86 bits per heavy atom. The second-order valence-electron chi connectivity index (χ2n) is 1.04. The van der Waals surface area contributed by atoms with Gasteiger partial charge in [-0.15, -0.1) is 0 Å². The summed E-state index contributed by atoms with van der Waals surface area (Å²) in [5, 5.41) is 8.32. The van der Waals surface area contributed by atoms with E-state index in [2.05, 4.69) is 17.9 Å². The first-order chi connectivity index (χ1) is 3.27. The van der Waals surface area contributed by atoms with E-state index in [-0.39, 0.29) is 12.4 Å². The van der Waals surface area contributed by atoms with Gasteiger partial charge in [0.25, 0.3) is 0 Å². The van der Waals surface area contributed by atoms with Crippen molar-refractivity contribution in [2.24, 2.45) is 0 Å². The van der Waals surface area contributed by atoms with E-state index >= 15 is 0 Å². The number of rotatable bonds is 3. The zero-order valence-electron chi connectivity index (χ0n) is 4.05. The summed E-state index contributed by atoms with van der Waals surface area (Å²) in [7, 11) is 0. The molecule has 0 aliphatic heterocycles. The van der Waals surface area contributed by atoms with E-state index in [9.17, 15) is 0 Å². The van der Waals surface area contributed by atoms with Crippen molar-refractivity contribution >= 4 is 0 Å². The third kappa shape index (κ3) is 5.08. The molecule has 7 heavy (non-hydrogen) atoms. The lowest BCUT2D eigenvalue weighted by atomic mass is 10.6. The fourth-order valence-corrected chi connectivity index (χ4v) is 0.155. The molecule has 0 atom stereocenters. The molecule has 0 aromatic heterocycles. The summed E-state index contributed by atoms with van der Waals surface area (Å²) < 4.78 is 4.51. The zero-order chi connectivity index (χ0) is 5.70. The number of aliphatic hydroxyl groups is 1. The highest BCUT2D eigenvalue weighted by Crippen LogP contribution is 1.81. The van der Waals surface area contributed by atoms with Crippen LogP contribution in [0.2, 0.25) is 0 Å². The van der Waals surface area contributed by atoms with Crippen LogP contribution in [0.25, 0.3) is 0 Å². The predicted octanol–water partition coefficient (Wildman–Crippen LogP) is 1.22. The molecule has 0 unspecified atom stereocenters. The van der Waals surface area contributed by atoms with E-state index in [1.807, 2.05) is 0 Å². The molecule has 40 valence electrons. The molecule has 0 saturated heterocycles. The van der Waals surface area contributed by atoms with Crippen LogP contribution < -0.4 is 0 Å². The summed E-state index contributed by atoms with van der Waals surface area (Å²) in [6, 6.07) is 0. The molecular formula is C5H8O2. The lowest BCUT2D eigenvalue weighted by Gasteiger charge is -1.93. The Balaban J connectivity index is 2.97. The van der Waals surface area contributed by atoms with Crippen LogP contribution >= 0.6 is 0 Å². The fourth-order valence-electron chi connectivity index (χ4n) is 0.155. The molecule has 1 N–H and O–H groups in total. The SMILES string of the molecule is C=COCC(=C)O. The molecule has 0 heterocycles.